The summed E-state index contributed by atoms with van der Waals surface area (Å²) in [5.41, 5.74) is 16.0. The van der Waals surface area contributed by atoms with Crippen molar-refractivity contribution in [3.05, 3.63) is 12.3 Å². The third-order valence-electron chi connectivity index (χ3n) is 18.0. The Labute approximate surface area is 650 Å². The second kappa shape index (κ2) is 44.9. The van der Waals surface area contributed by atoms with Crippen molar-refractivity contribution < 1.29 is 201 Å². The van der Waals surface area contributed by atoms with Crippen molar-refractivity contribution in [3.8, 4) is 0 Å². The number of aliphatic hydroxyl groups is 12. The van der Waals surface area contributed by atoms with Gasteiger partial charge in [0.05, 0.1) is 37.9 Å². The molecule has 30 unspecified atom stereocenters. The van der Waals surface area contributed by atoms with E-state index in [-0.39, 0.29) is 80.9 Å². The number of aliphatic hydroxyl groups excluding tert-OH is 12. The Balaban J connectivity index is 0.0000213. The van der Waals surface area contributed by atoms with Crippen LogP contribution in [0.3, 0.4) is 0 Å². The second-order valence-corrected chi connectivity index (χ2v) is 26.5. The van der Waals surface area contributed by atoms with Crippen molar-refractivity contribution in [2.24, 2.45) is 5.84 Å². The minimum absolute atomic E-state index is 0. The summed E-state index contributed by atoms with van der Waals surface area (Å²) in [6.07, 6.45) is -56.7. The Morgan fingerprint density at radius 2 is 0.752 bits per heavy atom. The molecule has 6 fully saturated rings. The Morgan fingerprint density at radius 1 is 0.422 bits per heavy atom. The molecule has 24 N–H and O–H groups in total. The number of hydrogen-bond acceptors (Lipinski definition) is 38. The number of thiol groups is 1. The number of hydrazine groups is 4. The van der Waals surface area contributed by atoms with Crippen LogP contribution in [0.1, 0.15) is 91.9 Å². The number of aliphatic carboxylic acids is 1. The first kappa shape index (κ1) is 94.2. The molecule has 616 valence electrons. The number of nitrogens with one attached hydrogen (secondary N) is 10. The first-order chi connectivity index (χ1) is 51.1. The maximum absolute atomic E-state index is 14.6. The maximum atomic E-state index is 14.6. The fourth-order valence-corrected chi connectivity index (χ4v) is 12.6. The fraction of sp³-hybridized carbons (Fsp3) is 0.803. The average molecular weight is 1600 g/mol. The zero-order valence-corrected chi connectivity index (χ0v) is 63.1. The Morgan fingerprint density at radius 3 is 1.12 bits per heavy atom. The van der Waals surface area contributed by atoms with E-state index < -0.39 is 263 Å². The summed E-state index contributed by atoms with van der Waals surface area (Å²) in [5.74, 6) is -4.51. The van der Waals surface area contributed by atoms with E-state index in [4.69, 9.17) is 62.7 Å². The van der Waals surface area contributed by atoms with Gasteiger partial charge in [0, 0.05) is 59.3 Å². The molecule has 6 heterocycles. The van der Waals surface area contributed by atoms with Crippen LogP contribution in [0.15, 0.2) is 12.3 Å². The predicted molar refractivity (Wildman–Crippen MR) is 351 cm³/mol. The SMILES string of the molecule is C=C(CCCS)NNC(=O)CCCCC(=O)NNC(=O)C1OC(OC2C(O)C(CO)OC(OC3C(C(=O)NNC(=O)CCCCC(=O)NN)OC(OC4C(O)C(CO)OC(OC5C(C(=O)[O-])OC(OC6C(O)C(CO)OC(C)C6NC(C)=O)C(O)C5O)C4NC(C)=O)C(O)C3O)C2NC(C)=O)C(O)C(O)C1OC.[Na+]. The van der Waals surface area contributed by atoms with E-state index >= 15 is 0 Å². The molecule has 6 aliphatic heterocycles. The van der Waals surface area contributed by atoms with Gasteiger partial charge in [-0.3, -0.25) is 75.7 Å². The number of carbonyl (C=O) groups excluding carboxylic acids is 10. The number of ether oxygens (including phenoxy) is 12. The van der Waals surface area contributed by atoms with Crippen molar-refractivity contribution in [2.45, 2.75) is 276 Å². The second-order valence-electron chi connectivity index (χ2n) is 26.1. The summed E-state index contributed by atoms with van der Waals surface area (Å²) in [5, 5.41) is 156. The molecule has 0 bridgehead atoms. The molecule has 46 nitrogen and oxygen atoms in total. The third-order valence-corrected chi connectivity index (χ3v) is 18.3. The van der Waals surface area contributed by atoms with Gasteiger partial charge in [0.2, 0.25) is 41.4 Å². The molecule has 0 saturated carbocycles. The average Bonchev–Trinajstić information content (AvgIpc) is 0.762. The van der Waals surface area contributed by atoms with Crippen LogP contribution < -0.4 is 94.4 Å². The maximum Gasteiger partial charge on any atom is 1.00 e. The van der Waals surface area contributed by atoms with E-state index in [2.05, 4.69) is 62.3 Å². The van der Waals surface area contributed by atoms with Gasteiger partial charge in [0.25, 0.3) is 11.8 Å². The number of methoxy groups -OCH3 is 1. The van der Waals surface area contributed by atoms with Gasteiger partial charge in [-0.15, -0.1) is 0 Å². The zero-order valence-electron chi connectivity index (χ0n) is 60.2. The molecule has 48 heteroatoms. The molecule has 0 aromatic heterocycles. The van der Waals surface area contributed by atoms with Crippen molar-refractivity contribution in [1.29, 1.82) is 0 Å². The minimum atomic E-state index is -2.60. The van der Waals surface area contributed by atoms with E-state index in [9.17, 15) is 114 Å². The topological polar surface area (TPSA) is 694 Å². The largest absolute Gasteiger partial charge is 1.00 e. The zero-order chi connectivity index (χ0) is 80.1. The molecule has 109 heavy (non-hydrogen) atoms. The molecular weight excluding hydrogens is 1500 g/mol. The van der Waals surface area contributed by atoms with Crippen LogP contribution in [0.5, 0.6) is 0 Å². The smallest absolute Gasteiger partial charge is 0.547 e. The van der Waals surface area contributed by atoms with Gasteiger partial charge in [-0.05, 0) is 51.2 Å². The molecule has 0 aromatic carbocycles. The van der Waals surface area contributed by atoms with Crippen LogP contribution in [-0.2, 0) is 105 Å². The van der Waals surface area contributed by atoms with Gasteiger partial charge >= 0.3 is 29.6 Å². The summed E-state index contributed by atoms with van der Waals surface area (Å²) >= 11 is 4.13. The van der Waals surface area contributed by atoms with Gasteiger partial charge in [-0.1, -0.05) is 6.58 Å². The normalized spacial score (nSPS) is 36.5. The first-order valence-corrected chi connectivity index (χ1v) is 35.0. The van der Waals surface area contributed by atoms with Crippen LogP contribution >= 0.6 is 12.6 Å². The molecule has 9 amide bonds. The molecule has 30 atom stereocenters. The van der Waals surface area contributed by atoms with Crippen molar-refractivity contribution >= 4 is 71.8 Å². The van der Waals surface area contributed by atoms with Gasteiger partial charge in [0.1, 0.15) is 128 Å². The summed E-state index contributed by atoms with van der Waals surface area (Å²) in [6.45, 7) is 4.95. The quantitative estimate of drug-likeness (QED) is 0.00700. The number of carboxylic acid groups (broad SMARTS) is 1. The molecule has 0 radical (unpaired) electrons. The minimum Gasteiger partial charge on any atom is -0.547 e. The van der Waals surface area contributed by atoms with Crippen LogP contribution in [-0.4, -0.2) is 337 Å². The van der Waals surface area contributed by atoms with Crippen molar-refractivity contribution in [3.63, 3.8) is 0 Å². The third kappa shape index (κ3) is 25.5. The Hall–Kier alpha value is -5.41. The summed E-state index contributed by atoms with van der Waals surface area (Å²) < 4.78 is 69.9. The Bertz CT molecular complexity index is 3030. The van der Waals surface area contributed by atoms with E-state index in [1.54, 1.807) is 0 Å². The molecule has 0 spiro atoms. The number of rotatable bonds is 35. The van der Waals surface area contributed by atoms with Crippen molar-refractivity contribution in [1.82, 2.24) is 53.9 Å². The first-order valence-electron chi connectivity index (χ1n) is 34.4. The van der Waals surface area contributed by atoms with Gasteiger partial charge in [-0.2, -0.15) is 12.6 Å². The molecular formula is C61H100N11NaO35S. The number of unbranched alkanes of at least 4 members (excludes halogenated alkanes) is 2. The van der Waals surface area contributed by atoms with E-state index in [1.807, 2.05) is 10.9 Å². The summed E-state index contributed by atoms with van der Waals surface area (Å²) in [6, 6.07) is -5.34. The molecule has 6 saturated heterocycles. The standard InChI is InChI=1S/C61H101N11O35S.Na/c1-21(12-11-17-108)67-68-30(80)14-9-10-16-32(82)69-71-54(92)51-48(96-6)39(86)42(89)59(105-51)101-46-34(64-24(4)77)57(98-27(19-74)37(46)84)103-49-40(87)43(90)60(106-52(49)55(93)72-70-31(81)15-8-7-13-29(79)66-62)102-47-35(65-25(5)78)58(99-28(20-75)38(47)85)104-50-41(88)44(91)61(107-53(50)56(94)95)100-45-33(63-23(3)76)22(2)97-26(18-73)36(45)83;/h22,26-28,33-53,57-61,67,73-75,83-91,108H,1,7-20,62H2,2-6H3,(H,63,76)(H,64,77)(H,65,78)(H,66,79)(H,68,80)(H,69,82)(H,70,81)(H,71,92)(H,72,93)(H,94,95);/q;+1/p-1. The number of allylic oxidation sites excluding steroid dienone is 1. The predicted octanol–water partition coefficient (Wildman–Crippen LogP) is -16.9. The van der Waals surface area contributed by atoms with E-state index in [0.717, 1.165) is 34.3 Å². The van der Waals surface area contributed by atoms with Gasteiger partial charge in [-0.25, -0.2) is 5.84 Å². The van der Waals surface area contributed by atoms with Gasteiger partial charge < -0.3 is 149 Å². The Kier molecular flexibility index (Phi) is 38.8. The number of carbonyl (C=O) groups is 10. The van der Waals surface area contributed by atoms with Crippen LogP contribution in [0.2, 0.25) is 0 Å². The van der Waals surface area contributed by atoms with E-state index in [0.29, 0.717) is 17.9 Å². The molecule has 0 aromatic rings. The number of carboxylic acids is 1. The van der Waals surface area contributed by atoms with Crippen LogP contribution in [0.4, 0.5) is 0 Å². The van der Waals surface area contributed by atoms with Crippen LogP contribution in [0, 0.1) is 0 Å². The summed E-state index contributed by atoms with van der Waals surface area (Å²) in [7, 11) is 1.01. The molecule has 6 rings (SSSR count). The van der Waals surface area contributed by atoms with E-state index in [1.165, 1.54) is 6.92 Å². The monoisotopic (exact) mass is 1600 g/mol. The molecule has 6 aliphatic rings. The number of amides is 9. The van der Waals surface area contributed by atoms with Crippen LogP contribution in [0.25, 0.3) is 0 Å². The van der Waals surface area contributed by atoms with Gasteiger partial charge in [0.15, 0.2) is 43.7 Å². The molecule has 0 aliphatic carbocycles. The number of hydrogen-bond donors (Lipinski definition) is 24. The number of nitrogens with two attached hydrogens (primary N) is 1. The van der Waals surface area contributed by atoms with Crippen molar-refractivity contribution in [2.75, 3.05) is 32.7 Å². The fourth-order valence-electron chi connectivity index (χ4n) is 12.5. The summed E-state index contributed by atoms with van der Waals surface area (Å²) in [4.78, 5) is 130.